The predicted molar refractivity (Wildman–Crippen MR) is 87.1 cm³/mol. The van der Waals surface area contributed by atoms with Gasteiger partial charge in [-0.3, -0.25) is 9.71 Å². The number of sulfonamides is 1. The maximum absolute atomic E-state index is 12.5. The van der Waals surface area contributed by atoms with E-state index in [2.05, 4.69) is 30.6 Å². The topological polar surface area (TPSA) is 72.0 Å². The first-order valence-corrected chi connectivity index (χ1v) is 9.05. The second-order valence-electron chi connectivity index (χ2n) is 4.36. The van der Waals surface area contributed by atoms with Crippen molar-refractivity contribution in [2.45, 2.75) is 11.8 Å². The van der Waals surface area contributed by atoms with Crippen LogP contribution in [0.2, 0.25) is 0 Å². The molecule has 2 heterocycles. The zero-order valence-electron chi connectivity index (χ0n) is 10.9. The van der Waals surface area contributed by atoms with Crippen LogP contribution in [0, 0.1) is 6.92 Å². The number of nitrogens with zero attached hydrogens (tertiary/aromatic N) is 2. The van der Waals surface area contributed by atoms with Gasteiger partial charge in [-0.2, -0.15) is 0 Å². The quantitative estimate of drug-likeness (QED) is 0.750. The fraction of sp³-hybridized carbons (Fsp3) is 0.0769. The number of aromatic nitrogens is 2. The minimum atomic E-state index is -3.71. The monoisotopic (exact) mass is 383 g/mol. The van der Waals surface area contributed by atoms with Gasteiger partial charge in [-0.1, -0.05) is 17.4 Å². The van der Waals surface area contributed by atoms with Crippen molar-refractivity contribution >= 4 is 53.3 Å². The summed E-state index contributed by atoms with van der Waals surface area (Å²) in [6, 6.07) is 6.81. The third-order valence-electron chi connectivity index (χ3n) is 2.92. The van der Waals surface area contributed by atoms with Gasteiger partial charge in [-0.05, 0) is 46.6 Å². The zero-order valence-corrected chi connectivity index (χ0v) is 14.1. The lowest BCUT2D eigenvalue weighted by Gasteiger charge is -2.09. The molecule has 3 aromatic rings. The van der Waals surface area contributed by atoms with Crippen molar-refractivity contribution < 1.29 is 8.42 Å². The van der Waals surface area contributed by atoms with Gasteiger partial charge in [-0.25, -0.2) is 13.4 Å². The number of benzene rings is 1. The minimum Gasteiger partial charge on any atom is -0.256 e. The van der Waals surface area contributed by atoms with Crippen LogP contribution in [-0.2, 0) is 10.0 Å². The number of halogens is 1. The molecule has 0 atom stereocenters. The van der Waals surface area contributed by atoms with Gasteiger partial charge in [0.2, 0.25) is 0 Å². The van der Waals surface area contributed by atoms with Crippen molar-refractivity contribution in [1.29, 1.82) is 0 Å². The molecule has 5 nitrogen and oxygen atoms in total. The molecule has 0 radical (unpaired) electrons. The number of pyridine rings is 1. The van der Waals surface area contributed by atoms with Gasteiger partial charge in [0.25, 0.3) is 10.0 Å². The molecule has 0 spiro atoms. The van der Waals surface area contributed by atoms with Crippen LogP contribution in [0.1, 0.15) is 5.56 Å². The third-order valence-corrected chi connectivity index (χ3v) is 5.84. The van der Waals surface area contributed by atoms with Gasteiger partial charge in [0.1, 0.15) is 0 Å². The Labute approximate surface area is 134 Å². The lowest BCUT2D eigenvalue weighted by Crippen LogP contribution is -2.13. The molecule has 108 valence electrons. The Morgan fingerprint density at radius 3 is 2.76 bits per heavy atom. The van der Waals surface area contributed by atoms with Crippen LogP contribution in [0.15, 0.2) is 45.3 Å². The van der Waals surface area contributed by atoms with E-state index in [-0.39, 0.29) is 4.90 Å². The van der Waals surface area contributed by atoms with Crippen LogP contribution >= 0.6 is 27.3 Å². The van der Waals surface area contributed by atoms with E-state index in [0.717, 1.165) is 9.35 Å². The van der Waals surface area contributed by atoms with Crippen LogP contribution in [-0.4, -0.2) is 18.4 Å². The highest BCUT2D eigenvalue weighted by Crippen LogP contribution is 2.28. The Morgan fingerprint density at radius 2 is 2.05 bits per heavy atom. The first-order valence-electron chi connectivity index (χ1n) is 5.96. The Morgan fingerprint density at radius 1 is 1.24 bits per heavy atom. The molecule has 0 unspecified atom stereocenters. The fourth-order valence-electron chi connectivity index (χ4n) is 1.99. The van der Waals surface area contributed by atoms with Crippen molar-refractivity contribution in [1.82, 2.24) is 9.97 Å². The molecular formula is C13H10BrN3O2S2. The molecule has 0 amide bonds. The standard InChI is InChI=1S/C13H10BrN3O2S2/c1-8-4-5-10(9-3-2-6-15-12(8)9)21(18,19)17-13-16-7-11(14)20-13/h2-7H,1H3,(H,16,17). The smallest absolute Gasteiger partial charge is 0.256 e. The van der Waals surface area contributed by atoms with Crippen LogP contribution < -0.4 is 4.72 Å². The summed E-state index contributed by atoms with van der Waals surface area (Å²) in [5, 5.41) is 0.917. The summed E-state index contributed by atoms with van der Waals surface area (Å²) >= 11 is 4.47. The average Bonchev–Trinajstić information content (AvgIpc) is 2.83. The summed E-state index contributed by atoms with van der Waals surface area (Å²) in [6.07, 6.45) is 3.20. The van der Waals surface area contributed by atoms with E-state index in [4.69, 9.17) is 0 Å². The lowest BCUT2D eigenvalue weighted by atomic mass is 10.1. The maximum atomic E-state index is 12.5. The average molecular weight is 384 g/mol. The van der Waals surface area contributed by atoms with Gasteiger partial charge in [-0.15, -0.1) is 0 Å². The van der Waals surface area contributed by atoms with Gasteiger partial charge in [0.15, 0.2) is 5.13 Å². The van der Waals surface area contributed by atoms with Crippen molar-refractivity contribution in [2.24, 2.45) is 0 Å². The van der Waals surface area contributed by atoms with Gasteiger partial charge in [0, 0.05) is 11.6 Å². The number of thiazole rings is 1. The van der Waals surface area contributed by atoms with E-state index >= 15 is 0 Å². The largest absolute Gasteiger partial charge is 0.264 e. The highest BCUT2D eigenvalue weighted by atomic mass is 79.9. The molecule has 21 heavy (non-hydrogen) atoms. The maximum Gasteiger partial charge on any atom is 0.264 e. The number of nitrogens with one attached hydrogen (secondary N) is 1. The van der Waals surface area contributed by atoms with E-state index in [1.807, 2.05) is 6.92 Å². The van der Waals surface area contributed by atoms with Crippen LogP contribution in [0.5, 0.6) is 0 Å². The number of hydrogen-bond acceptors (Lipinski definition) is 5. The highest BCUT2D eigenvalue weighted by Gasteiger charge is 2.19. The van der Waals surface area contributed by atoms with Crippen LogP contribution in [0.25, 0.3) is 10.9 Å². The summed E-state index contributed by atoms with van der Waals surface area (Å²) in [6.45, 7) is 1.90. The normalized spacial score (nSPS) is 11.7. The SMILES string of the molecule is Cc1ccc(S(=O)(=O)Nc2ncc(Br)s2)c2cccnc12. The fourth-order valence-corrected chi connectivity index (χ4v) is 4.54. The summed E-state index contributed by atoms with van der Waals surface area (Å²) in [4.78, 5) is 8.44. The van der Waals surface area contributed by atoms with Gasteiger partial charge >= 0.3 is 0 Å². The van der Waals surface area contributed by atoms with Gasteiger partial charge < -0.3 is 0 Å². The molecule has 0 aliphatic carbocycles. The molecule has 0 bridgehead atoms. The summed E-state index contributed by atoms with van der Waals surface area (Å²) in [5.41, 5.74) is 1.61. The molecule has 0 saturated heterocycles. The zero-order chi connectivity index (χ0) is 15.0. The lowest BCUT2D eigenvalue weighted by molar-refractivity contribution is 0.602. The first kappa shape index (κ1) is 14.4. The first-order chi connectivity index (χ1) is 9.97. The molecule has 1 N–H and O–H groups in total. The summed E-state index contributed by atoms with van der Waals surface area (Å²) in [7, 11) is -3.71. The van der Waals surface area contributed by atoms with Crippen LogP contribution in [0.3, 0.4) is 0 Å². The Kier molecular flexibility index (Phi) is 3.68. The molecule has 8 heteroatoms. The minimum absolute atomic E-state index is 0.197. The third kappa shape index (κ3) is 2.78. The summed E-state index contributed by atoms with van der Waals surface area (Å²) in [5.74, 6) is 0. The molecule has 0 fully saturated rings. The van der Waals surface area contributed by atoms with Crippen molar-refractivity contribution in [2.75, 3.05) is 4.72 Å². The molecule has 3 rings (SSSR count). The Hall–Kier alpha value is -1.51. The van der Waals surface area contributed by atoms with Crippen LogP contribution in [0.4, 0.5) is 5.13 Å². The highest BCUT2D eigenvalue weighted by molar-refractivity contribution is 9.11. The molecule has 2 aromatic heterocycles. The van der Waals surface area contributed by atoms with E-state index < -0.39 is 10.0 Å². The number of hydrogen-bond donors (Lipinski definition) is 1. The second kappa shape index (κ2) is 5.36. The molecule has 0 saturated carbocycles. The molecule has 0 aliphatic rings. The number of anilines is 1. The Balaban J connectivity index is 2.13. The number of fused-ring (bicyclic) bond motifs is 1. The molecule has 1 aromatic carbocycles. The molecule has 0 aliphatic heterocycles. The van der Waals surface area contributed by atoms with Gasteiger partial charge in [0.05, 0.1) is 20.4 Å². The van der Waals surface area contributed by atoms with Crippen molar-refractivity contribution in [3.63, 3.8) is 0 Å². The summed E-state index contributed by atoms with van der Waals surface area (Å²) < 4.78 is 28.3. The van der Waals surface area contributed by atoms with E-state index in [0.29, 0.717) is 16.0 Å². The molecular weight excluding hydrogens is 374 g/mol. The van der Waals surface area contributed by atoms with E-state index in [1.54, 1.807) is 36.7 Å². The Bertz CT molecular complexity index is 922. The van der Waals surface area contributed by atoms with E-state index in [1.165, 1.54) is 11.3 Å². The van der Waals surface area contributed by atoms with Crippen molar-refractivity contribution in [3.05, 3.63) is 46.0 Å². The number of rotatable bonds is 3. The second-order valence-corrected chi connectivity index (χ2v) is 8.42. The number of aryl methyl sites for hydroxylation is 1. The van der Waals surface area contributed by atoms with Crippen molar-refractivity contribution in [3.8, 4) is 0 Å². The predicted octanol–water partition coefficient (Wildman–Crippen LogP) is 3.56. The van der Waals surface area contributed by atoms with E-state index in [9.17, 15) is 8.42 Å².